The minimum atomic E-state index is -3.85. The molecule has 1 aromatic rings. The molecule has 0 aliphatic heterocycles. The molecular weight excluding hydrogens is 270 g/mol. The predicted octanol–water partition coefficient (Wildman–Crippen LogP) is 0.521. The number of carbonyl (C=O) groups is 2. The molecule has 0 bridgehead atoms. The molecule has 0 heterocycles. The first-order valence-electron chi connectivity index (χ1n) is 5.47. The molecule has 6 nitrogen and oxygen atoms in total. The molecule has 0 saturated carbocycles. The van der Waals surface area contributed by atoms with Gasteiger partial charge in [-0.15, -0.1) is 0 Å². The van der Waals surface area contributed by atoms with Gasteiger partial charge in [0.1, 0.15) is 5.75 Å². The number of sulfone groups is 1. The zero-order valence-electron chi connectivity index (χ0n) is 10.9. The van der Waals surface area contributed by atoms with Crippen molar-refractivity contribution in [3.05, 3.63) is 28.8 Å². The third-order valence-corrected chi connectivity index (χ3v) is 4.44. The number of carbonyl (C=O) groups excluding carboxylic acids is 1. The zero-order chi connectivity index (χ0) is 14.8. The summed E-state index contributed by atoms with van der Waals surface area (Å²) in [5, 5.41) is 11.2. The maximum Gasteiger partial charge on any atom is 0.335 e. The van der Waals surface area contributed by atoms with E-state index in [1.54, 1.807) is 13.8 Å². The van der Waals surface area contributed by atoms with Crippen LogP contribution >= 0.6 is 0 Å². The van der Waals surface area contributed by atoms with E-state index in [4.69, 9.17) is 5.11 Å². The van der Waals surface area contributed by atoms with Crippen molar-refractivity contribution in [2.75, 3.05) is 12.8 Å². The Kier molecular flexibility index (Phi) is 4.31. The van der Waals surface area contributed by atoms with Gasteiger partial charge in [0.25, 0.3) is 0 Å². The van der Waals surface area contributed by atoms with E-state index in [0.29, 0.717) is 11.1 Å². The Morgan fingerprint density at radius 3 is 2.26 bits per heavy atom. The van der Waals surface area contributed by atoms with Crippen LogP contribution in [0.2, 0.25) is 0 Å². The molecule has 0 radical (unpaired) electrons. The smallest absolute Gasteiger partial charge is 0.335 e. The second-order valence-electron chi connectivity index (χ2n) is 4.17. The van der Waals surface area contributed by atoms with Crippen LogP contribution in [-0.2, 0) is 14.6 Å². The number of benzene rings is 1. The molecule has 1 aromatic carbocycles. The van der Waals surface area contributed by atoms with Crippen molar-refractivity contribution >= 4 is 21.7 Å². The molecule has 0 fully saturated rings. The normalized spacial score (nSPS) is 11.1. The maximum atomic E-state index is 12.1. The summed E-state index contributed by atoms with van der Waals surface area (Å²) in [6, 6.07) is 2.59. The Balaban J connectivity index is 3.38. The van der Waals surface area contributed by atoms with Crippen LogP contribution in [-0.4, -0.2) is 38.2 Å². The van der Waals surface area contributed by atoms with Crippen LogP contribution in [0.5, 0.6) is 0 Å². The maximum absolute atomic E-state index is 12.1. The van der Waals surface area contributed by atoms with E-state index in [2.05, 4.69) is 5.32 Å². The number of carboxylic acid groups (broad SMARTS) is 1. The number of carboxylic acids is 1. The van der Waals surface area contributed by atoms with Gasteiger partial charge in [0.2, 0.25) is 5.91 Å². The third-order valence-electron chi connectivity index (χ3n) is 2.69. The summed E-state index contributed by atoms with van der Waals surface area (Å²) in [7, 11) is -2.51. The summed E-state index contributed by atoms with van der Waals surface area (Å²) >= 11 is 0. The number of amides is 1. The molecule has 0 aromatic heterocycles. The van der Waals surface area contributed by atoms with Crippen molar-refractivity contribution < 1.29 is 23.1 Å². The van der Waals surface area contributed by atoms with E-state index in [1.165, 1.54) is 13.1 Å². The molecule has 1 amide bonds. The second-order valence-corrected chi connectivity index (χ2v) is 6.13. The molecule has 0 aliphatic carbocycles. The van der Waals surface area contributed by atoms with Gasteiger partial charge in [-0.25, -0.2) is 13.2 Å². The Morgan fingerprint density at radius 2 is 1.79 bits per heavy atom. The van der Waals surface area contributed by atoms with Gasteiger partial charge in [0.15, 0.2) is 9.84 Å². The molecule has 1 rings (SSSR count). The standard InChI is InChI=1S/C12H15NO5S/c1-7-4-8(2)10(5-9(7)12(15)16)19(17,18)6-11(14)13-3/h4-5H,6H2,1-3H3,(H,13,14)(H,15,16). The Hall–Kier alpha value is -1.89. The van der Waals surface area contributed by atoms with Crippen LogP contribution in [0.3, 0.4) is 0 Å². The predicted molar refractivity (Wildman–Crippen MR) is 69.0 cm³/mol. The van der Waals surface area contributed by atoms with Crippen molar-refractivity contribution in [3.8, 4) is 0 Å². The number of hydrogen-bond acceptors (Lipinski definition) is 4. The molecule has 0 saturated heterocycles. The minimum absolute atomic E-state index is 0.0823. The average molecular weight is 285 g/mol. The topological polar surface area (TPSA) is 101 Å². The Morgan fingerprint density at radius 1 is 1.21 bits per heavy atom. The van der Waals surface area contributed by atoms with Crippen molar-refractivity contribution in [2.24, 2.45) is 0 Å². The van der Waals surface area contributed by atoms with Gasteiger partial charge in [-0.3, -0.25) is 4.79 Å². The highest BCUT2D eigenvalue weighted by Gasteiger charge is 2.23. The van der Waals surface area contributed by atoms with Crippen LogP contribution < -0.4 is 5.32 Å². The van der Waals surface area contributed by atoms with Crippen LogP contribution in [0.1, 0.15) is 21.5 Å². The molecule has 19 heavy (non-hydrogen) atoms. The number of rotatable bonds is 4. The highest BCUT2D eigenvalue weighted by atomic mass is 32.2. The zero-order valence-corrected chi connectivity index (χ0v) is 11.7. The Labute approximate surface area is 111 Å². The fourth-order valence-electron chi connectivity index (χ4n) is 1.72. The average Bonchev–Trinajstić information content (AvgIpc) is 2.27. The monoisotopic (exact) mass is 285 g/mol. The molecule has 2 N–H and O–H groups in total. The van der Waals surface area contributed by atoms with Crippen molar-refractivity contribution in [1.82, 2.24) is 5.32 Å². The fraction of sp³-hybridized carbons (Fsp3) is 0.333. The third kappa shape index (κ3) is 3.31. The summed E-state index contributed by atoms with van der Waals surface area (Å²) in [5.41, 5.74) is 0.816. The summed E-state index contributed by atoms with van der Waals surface area (Å²) < 4.78 is 24.1. The first-order valence-corrected chi connectivity index (χ1v) is 7.12. The largest absolute Gasteiger partial charge is 0.478 e. The van der Waals surface area contributed by atoms with Gasteiger partial charge in [0, 0.05) is 7.05 Å². The van der Waals surface area contributed by atoms with E-state index in [9.17, 15) is 18.0 Å². The molecule has 104 valence electrons. The summed E-state index contributed by atoms with van der Waals surface area (Å²) in [5.74, 6) is -2.54. The van der Waals surface area contributed by atoms with Gasteiger partial charge in [-0.1, -0.05) is 6.07 Å². The van der Waals surface area contributed by atoms with E-state index >= 15 is 0 Å². The highest BCUT2D eigenvalue weighted by Crippen LogP contribution is 2.21. The van der Waals surface area contributed by atoms with E-state index in [-0.39, 0.29) is 10.5 Å². The van der Waals surface area contributed by atoms with E-state index in [1.807, 2.05) is 0 Å². The van der Waals surface area contributed by atoms with Crippen LogP contribution in [0.15, 0.2) is 17.0 Å². The van der Waals surface area contributed by atoms with E-state index in [0.717, 1.165) is 6.07 Å². The van der Waals surface area contributed by atoms with Gasteiger partial charge < -0.3 is 10.4 Å². The van der Waals surface area contributed by atoms with E-state index < -0.39 is 27.5 Å². The van der Waals surface area contributed by atoms with Crippen LogP contribution in [0.25, 0.3) is 0 Å². The summed E-state index contributed by atoms with van der Waals surface area (Å²) in [6.07, 6.45) is 0. The lowest BCUT2D eigenvalue weighted by Crippen LogP contribution is -2.27. The van der Waals surface area contributed by atoms with Gasteiger partial charge in [-0.2, -0.15) is 0 Å². The van der Waals surface area contributed by atoms with Crippen molar-refractivity contribution in [1.29, 1.82) is 0 Å². The molecule has 0 unspecified atom stereocenters. The SMILES string of the molecule is CNC(=O)CS(=O)(=O)c1cc(C(=O)O)c(C)cc1C. The molecule has 0 spiro atoms. The number of aromatic carboxylic acids is 1. The Bertz CT molecular complexity index is 634. The van der Waals surface area contributed by atoms with Crippen molar-refractivity contribution in [3.63, 3.8) is 0 Å². The summed E-state index contributed by atoms with van der Waals surface area (Å²) in [6.45, 7) is 3.15. The molecule has 7 heteroatoms. The number of hydrogen-bond donors (Lipinski definition) is 2. The lowest BCUT2D eigenvalue weighted by molar-refractivity contribution is -0.118. The van der Waals surface area contributed by atoms with Crippen molar-refractivity contribution in [2.45, 2.75) is 18.7 Å². The summed E-state index contributed by atoms with van der Waals surface area (Å²) in [4.78, 5) is 22.1. The first-order chi connectivity index (χ1) is 8.69. The fourth-order valence-corrected chi connectivity index (χ4v) is 3.21. The molecule has 0 atom stereocenters. The number of aryl methyl sites for hydroxylation is 2. The minimum Gasteiger partial charge on any atom is -0.478 e. The lowest BCUT2D eigenvalue weighted by atomic mass is 10.1. The molecular formula is C12H15NO5S. The van der Waals surface area contributed by atoms with Crippen LogP contribution in [0, 0.1) is 13.8 Å². The number of nitrogens with one attached hydrogen (secondary N) is 1. The van der Waals surface area contributed by atoms with Gasteiger partial charge in [-0.05, 0) is 31.0 Å². The highest BCUT2D eigenvalue weighted by molar-refractivity contribution is 7.92. The quantitative estimate of drug-likeness (QED) is 0.840. The van der Waals surface area contributed by atoms with Gasteiger partial charge >= 0.3 is 5.97 Å². The second kappa shape index (κ2) is 5.40. The van der Waals surface area contributed by atoms with Gasteiger partial charge in [0.05, 0.1) is 10.5 Å². The van der Waals surface area contributed by atoms with Crippen LogP contribution in [0.4, 0.5) is 0 Å². The lowest BCUT2D eigenvalue weighted by Gasteiger charge is -2.10. The molecule has 0 aliphatic rings. The first kappa shape index (κ1) is 15.2.